The molecule has 168 valence electrons. The summed E-state index contributed by atoms with van der Waals surface area (Å²) in [4.78, 5) is 39.5. The summed E-state index contributed by atoms with van der Waals surface area (Å²) in [7, 11) is -1.56. The van der Waals surface area contributed by atoms with Gasteiger partial charge in [0.2, 0.25) is 11.8 Å². The van der Waals surface area contributed by atoms with E-state index in [4.69, 9.17) is 16.3 Å². The second-order valence-corrected chi connectivity index (χ2v) is 10.9. The van der Waals surface area contributed by atoms with E-state index < -0.39 is 44.9 Å². The van der Waals surface area contributed by atoms with Crippen molar-refractivity contribution in [2.45, 2.75) is 49.1 Å². The Morgan fingerprint density at radius 1 is 1.09 bits per heavy atom. The molecule has 2 aliphatic rings. The molecule has 4 atom stereocenters. The van der Waals surface area contributed by atoms with Gasteiger partial charge in [0.1, 0.15) is 24.1 Å². The molecule has 2 aromatic rings. The molecule has 2 saturated heterocycles. The third-order valence-corrected chi connectivity index (χ3v) is 8.25. The van der Waals surface area contributed by atoms with Crippen LogP contribution in [0.15, 0.2) is 54.6 Å². The van der Waals surface area contributed by atoms with Crippen molar-refractivity contribution in [3.05, 3.63) is 70.7 Å². The Kier molecular flexibility index (Phi) is 6.09. The summed E-state index contributed by atoms with van der Waals surface area (Å²) in [5.41, 5.74) is 1.56. The van der Waals surface area contributed by atoms with Crippen LogP contribution in [-0.4, -0.2) is 49.1 Å². The maximum absolute atomic E-state index is 13.2. The molecule has 0 spiro atoms. The fourth-order valence-corrected chi connectivity index (χ4v) is 6.14. The molecule has 0 bridgehead atoms. The quantitative estimate of drug-likeness (QED) is 0.511. The Morgan fingerprint density at radius 3 is 2.41 bits per heavy atom. The van der Waals surface area contributed by atoms with Gasteiger partial charge >= 0.3 is 5.97 Å². The predicted molar refractivity (Wildman–Crippen MR) is 120 cm³/mol. The molecular formula is C23H23ClN2O5S. The predicted octanol–water partition coefficient (Wildman–Crippen LogP) is 2.19. The average Bonchev–Trinajstić information content (AvgIpc) is 2.96. The SMILES string of the molecule is CC1(C)[C@H](C(=O)OCc2ccccc2)N2C(=O)[C@@H](NC(=O)Cc3ccc(Cl)cc3)[C@H]2[S@@]1=O. The second-order valence-electron chi connectivity index (χ2n) is 8.38. The Morgan fingerprint density at radius 2 is 1.75 bits per heavy atom. The molecule has 7 nitrogen and oxygen atoms in total. The minimum atomic E-state index is -1.56. The van der Waals surface area contributed by atoms with E-state index in [9.17, 15) is 18.6 Å². The van der Waals surface area contributed by atoms with Gasteiger partial charge in [-0.2, -0.15) is 0 Å². The molecule has 32 heavy (non-hydrogen) atoms. The Labute approximate surface area is 193 Å². The van der Waals surface area contributed by atoms with E-state index in [1.165, 1.54) is 4.90 Å². The zero-order chi connectivity index (χ0) is 23.0. The van der Waals surface area contributed by atoms with Gasteiger partial charge < -0.3 is 15.0 Å². The summed E-state index contributed by atoms with van der Waals surface area (Å²) in [5, 5.41) is 2.48. The van der Waals surface area contributed by atoms with Crippen molar-refractivity contribution < 1.29 is 23.3 Å². The Bertz CT molecular complexity index is 1070. The van der Waals surface area contributed by atoms with Crippen molar-refractivity contribution in [1.29, 1.82) is 0 Å². The number of esters is 1. The van der Waals surface area contributed by atoms with Gasteiger partial charge in [0.25, 0.3) is 0 Å². The highest BCUT2D eigenvalue weighted by Gasteiger charge is 2.68. The zero-order valence-electron chi connectivity index (χ0n) is 17.6. The number of carbonyl (C=O) groups excluding carboxylic acids is 3. The van der Waals surface area contributed by atoms with Gasteiger partial charge in [-0.25, -0.2) is 4.79 Å². The van der Waals surface area contributed by atoms with Crippen molar-refractivity contribution in [3.8, 4) is 0 Å². The van der Waals surface area contributed by atoms with E-state index in [1.807, 2.05) is 30.3 Å². The van der Waals surface area contributed by atoms with E-state index in [0.29, 0.717) is 5.02 Å². The number of β-lactam (4-membered cyclic amide) rings is 1. The van der Waals surface area contributed by atoms with Crippen molar-refractivity contribution in [2.24, 2.45) is 0 Å². The van der Waals surface area contributed by atoms with Crippen LogP contribution in [0.2, 0.25) is 5.02 Å². The van der Waals surface area contributed by atoms with Gasteiger partial charge in [-0.05, 0) is 37.1 Å². The fourth-order valence-electron chi connectivity index (χ4n) is 4.09. The highest BCUT2D eigenvalue weighted by Crippen LogP contribution is 2.43. The summed E-state index contributed by atoms with van der Waals surface area (Å²) in [6.45, 7) is 3.42. The van der Waals surface area contributed by atoms with E-state index in [0.717, 1.165) is 11.1 Å². The molecule has 9 heteroatoms. The number of halogens is 1. The standard InChI is InChI=1S/C23H23ClN2O5S/c1-23(2)19(22(29)31-13-15-6-4-3-5-7-15)26-20(28)18(21(26)32(23)30)25-17(27)12-14-8-10-16(24)11-9-14/h3-11,18-19,21H,12-13H2,1-2H3,(H,25,27)/t18-,19+,21-,32+/m1/s1. The first kappa shape index (κ1) is 22.5. The number of benzene rings is 2. The number of rotatable bonds is 6. The van der Waals surface area contributed by atoms with E-state index in [1.54, 1.807) is 38.1 Å². The van der Waals surface area contributed by atoms with Gasteiger partial charge in [0, 0.05) is 5.02 Å². The Balaban J connectivity index is 1.43. The highest BCUT2D eigenvalue weighted by molar-refractivity contribution is 7.87. The first-order valence-corrected chi connectivity index (χ1v) is 11.8. The number of hydrogen-bond acceptors (Lipinski definition) is 5. The van der Waals surface area contributed by atoms with Gasteiger partial charge in [-0.1, -0.05) is 54.1 Å². The van der Waals surface area contributed by atoms with Crippen LogP contribution < -0.4 is 5.32 Å². The average molecular weight is 475 g/mol. The fraction of sp³-hybridized carbons (Fsp3) is 0.348. The van der Waals surface area contributed by atoms with Crippen LogP contribution in [0.5, 0.6) is 0 Å². The van der Waals surface area contributed by atoms with Crippen LogP contribution in [0.4, 0.5) is 0 Å². The van der Waals surface area contributed by atoms with E-state index in [2.05, 4.69) is 5.32 Å². The molecule has 0 radical (unpaired) electrons. The maximum Gasteiger partial charge on any atom is 0.330 e. The topological polar surface area (TPSA) is 92.8 Å². The van der Waals surface area contributed by atoms with Crippen LogP contribution in [0.25, 0.3) is 0 Å². The molecular weight excluding hydrogens is 452 g/mol. The molecule has 2 aliphatic heterocycles. The largest absolute Gasteiger partial charge is 0.459 e. The van der Waals surface area contributed by atoms with Crippen LogP contribution in [0.3, 0.4) is 0 Å². The number of ether oxygens (including phenoxy) is 1. The molecule has 2 fully saturated rings. The number of carbonyl (C=O) groups is 3. The summed E-state index contributed by atoms with van der Waals surface area (Å²) in [6, 6.07) is 14.1. The zero-order valence-corrected chi connectivity index (χ0v) is 19.2. The molecule has 0 aliphatic carbocycles. The lowest BCUT2D eigenvalue weighted by Gasteiger charge is -2.43. The van der Waals surface area contributed by atoms with Gasteiger partial charge in [-0.3, -0.25) is 13.8 Å². The minimum absolute atomic E-state index is 0.0617. The van der Waals surface area contributed by atoms with Gasteiger partial charge in [0.05, 0.1) is 22.0 Å². The molecule has 4 rings (SSSR count). The van der Waals surface area contributed by atoms with Crippen molar-refractivity contribution in [2.75, 3.05) is 0 Å². The second kappa shape index (κ2) is 8.67. The van der Waals surface area contributed by atoms with Gasteiger partial charge in [-0.15, -0.1) is 0 Å². The third-order valence-electron chi connectivity index (χ3n) is 5.80. The molecule has 2 amide bonds. The van der Waals surface area contributed by atoms with E-state index in [-0.39, 0.29) is 18.9 Å². The first-order valence-electron chi connectivity index (χ1n) is 10.2. The molecule has 0 saturated carbocycles. The summed E-state index contributed by atoms with van der Waals surface area (Å²) in [6.07, 6.45) is 0.0617. The van der Waals surface area contributed by atoms with Crippen LogP contribution >= 0.6 is 11.6 Å². The molecule has 0 unspecified atom stereocenters. The summed E-state index contributed by atoms with van der Waals surface area (Å²) in [5.74, 6) is -1.40. The first-order chi connectivity index (χ1) is 15.2. The molecule has 2 aromatic carbocycles. The number of nitrogens with zero attached hydrogens (tertiary/aromatic N) is 1. The third kappa shape index (κ3) is 4.04. The van der Waals surface area contributed by atoms with Crippen LogP contribution in [0, 0.1) is 0 Å². The Hall–Kier alpha value is -2.71. The summed E-state index contributed by atoms with van der Waals surface area (Å²) >= 11 is 5.86. The van der Waals surface area contributed by atoms with Crippen molar-refractivity contribution >= 4 is 40.2 Å². The van der Waals surface area contributed by atoms with Crippen LogP contribution in [-0.2, 0) is 42.9 Å². The lowest BCUT2D eigenvalue weighted by atomic mass is 9.96. The minimum Gasteiger partial charge on any atom is -0.459 e. The van der Waals surface area contributed by atoms with Crippen LogP contribution in [0.1, 0.15) is 25.0 Å². The normalized spacial score (nSPS) is 25.6. The maximum atomic E-state index is 13.2. The smallest absolute Gasteiger partial charge is 0.330 e. The lowest BCUT2D eigenvalue weighted by Crippen LogP contribution is -2.71. The highest BCUT2D eigenvalue weighted by atomic mass is 35.5. The number of nitrogens with one attached hydrogen (secondary N) is 1. The van der Waals surface area contributed by atoms with Crippen molar-refractivity contribution in [1.82, 2.24) is 10.2 Å². The molecule has 2 heterocycles. The van der Waals surface area contributed by atoms with Gasteiger partial charge in [0.15, 0.2) is 0 Å². The van der Waals surface area contributed by atoms with E-state index >= 15 is 0 Å². The number of amides is 2. The molecule has 0 aromatic heterocycles. The number of hydrogen-bond donors (Lipinski definition) is 1. The summed E-state index contributed by atoms with van der Waals surface area (Å²) < 4.78 is 17.6. The number of fused-ring (bicyclic) bond motifs is 1. The van der Waals surface area contributed by atoms with Crippen molar-refractivity contribution in [3.63, 3.8) is 0 Å². The molecule has 1 N–H and O–H groups in total. The monoisotopic (exact) mass is 474 g/mol. The lowest BCUT2D eigenvalue weighted by molar-refractivity contribution is -0.165.